The van der Waals surface area contributed by atoms with Crippen LogP contribution in [0.25, 0.3) is 0 Å². The van der Waals surface area contributed by atoms with Gasteiger partial charge in [-0.05, 0) is 19.9 Å². The highest BCUT2D eigenvalue weighted by atomic mass is 16.7. The standard InChI is InChI=1S/C13H26N2O4/c1-10(14-8-12(16-3)17-4)7-11(2)15-9-13(18-5)19-6/h7,12-14H,8-9H2,1-6H3/b10-7-,15-11?. The minimum atomic E-state index is -0.303. The summed E-state index contributed by atoms with van der Waals surface area (Å²) in [6, 6.07) is 0. The summed E-state index contributed by atoms with van der Waals surface area (Å²) in [6.45, 7) is 4.95. The second kappa shape index (κ2) is 10.9. The van der Waals surface area contributed by atoms with Crippen LogP contribution in [-0.2, 0) is 18.9 Å². The first-order valence-electron chi connectivity index (χ1n) is 6.11. The summed E-state index contributed by atoms with van der Waals surface area (Å²) in [5.41, 5.74) is 1.89. The maximum atomic E-state index is 5.09. The molecular formula is C13H26N2O4. The number of allylic oxidation sites excluding steroid dienone is 2. The Kier molecular flexibility index (Phi) is 10.4. The van der Waals surface area contributed by atoms with E-state index in [1.54, 1.807) is 28.4 Å². The van der Waals surface area contributed by atoms with Crippen molar-refractivity contribution in [1.29, 1.82) is 0 Å². The van der Waals surface area contributed by atoms with Crippen molar-refractivity contribution >= 4 is 5.71 Å². The number of nitrogens with zero attached hydrogens (tertiary/aromatic N) is 1. The Bertz CT molecular complexity index is 284. The molecule has 0 aliphatic rings. The van der Waals surface area contributed by atoms with Gasteiger partial charge in [0.05, 0.1) is 13.1 Å². The number of aliphatic imine (C=N–C) groups is 1. The molecule has 0 rings (SSSR count). The van der Waals surface area contributed by atoms with Gasteiger partial charge in [0.15, 0.2) is 12.6 Å². The Morgan fingerprint density at radius 2 is 1.53 bits per heavy atom. The van der Waals surface area contributed by atoms with Crippen LogP contribution >= 0.6 is 0 Å². The fourth-order valence-electron chi connectivity index (χ4n) is 1.38. The Morgan fingerprint density at radius 1 is 1.00 bits per heavy atom. The van der Waals surface area contributed by atoms with Crippen LogP contribution in [0.15, 0.2) is 16.8 Å². The van der Waals surface area contributed by atoms with E-state index in [-0.39, 0.29) is 12.6 Å². The molecule has 0 heterocycles. The predicted octanol–water partition coefficient (Wildman–Crippen LogP) is 1.18. The molecule has 0 aromatic heterocycles. The van der Waals surface area contributed by atoms with E-state index in [1.165, 1.54) is 0 Å². The molecule has 0 radical (unpaired) electrons. The van der Waals surface area contributed by atoms with E-state index in [2.05, 4.69) is 10.3 Å². The fraction of sp³-hybridized carbons (Fsp3) is 0.769. The molecule has 0 unspecified atom stereocenters. The zero-order chi connectivity index (χ0) is 14.7. The fourth-order valence-corrected chi connectivity index (χ4v) is 1.38. The number of ether oxygens (including phenoxy) is 4. The Morgan fingerprint density at radius 3 is 2.00 bits per heavy atom. The molecule has 0 bridgehead atoms. The minimum absolute atomic E-state index is 0.257. The molecule has 0 aromatic rings. The second-order valence-electron chi connectivity index (χ2n) is 3.99. The van der Waals surface area contributed by atoms with Crippen molar-refractivity contribution in [2.75, 3.05) is 41.5 Å². The zero-order valence-corrected chi connectivity index (χ0v) is 12.7. The van der Waals surface area contributed by atoms with E-state index in [0.717, 1.165) is 11.4 Å². The van der Waals surface area contributed by atoms with Crippen LogP contribution in [0, 0.1) is 0 Å². The predicted molar refractivity (Wildman–Crippen MR) is 75.3 cm³/mol. The summed E-state index contributed by atoms with van der Waals surface area (Å²) in [4.78, 5) is 4.36. The van der Waals surface area contributed by atoms with Crippen molar-refractivity contribution in [2.45, 2.75) is 26.4 Å². The van der Waals surface area contributed by atoms with E-state index >= 15 is 0 Å². The topological polar surface area (TPSA) is 61.3 Å². The highest BCUT2D eigenvalue weighted by Gasteiger charge is 2.04. The van der Waals surface area contributed by atoms with Gasteiger partial charge in [-0.3, -0.25) is 4.99 Å². The normalized spacial score (nSPS) is 13.5. The van der Waals surface area contributed by atoms with E-state index < -0.39 is 0 Å². The summed E-state index contributed by atoms with van der Waals surface area (Å²) in [5, 5.41) is 3.20. The SMILES string of the molecule is COC(CN=C(C)/C=C(/C)NCC(OC)OC)OC. The van der Waals surface area contributed by atoms with Gasteiger partial charge in [0.1, 0.15) is 0 Å². The lowest BCUT2D eigenvalue weighted by molar-refractivity contribution is -0.0975. The lowest BCUT2D eigenvalue weighted by Crippen LogP contribution is -2.28. The lowest BCUT2D eigenvalue weighted by atomic mass is 10.3. The molecule has 0 saturated carbocycles. The summed E-state index contributed by atoms with van der Waals surface area (Å²) in [7, 11) is 6.41. The van der Waals surface area contributed by atoms with Crippen molar-refractivity contribution in [3.63, 3.8) is 0 Å². The molecule has 0 fully saturated rings. The molecule has 19 heavy (non-hydrogen) atoms. The molecule has 112 valence electrons. The van der Waals surface area contributed by atoms with Gasteiger partial charge in [-0.25, -0.2) is 0 Å². The van der Waals surface area contributed by atoms with Gasteiger partial charge in [0.2, 0.25) is 0 Å². The third-order valence-corrected chi connectivity index (χ3v) is 2.51. The Labute approximate surface area is 115 Å². The second-order valence-corrected chi connectivity index (χ2v) is 3.99. The van der Waals surface area contributed by atoms with Crippen LogP contribution in [0.1, 0.15) is 13.8 Å². The van der Waals surface area contributed by atoms with Crippen LogP contribution in [0.4, 0.5) is 0 Å². The van der Waals surface area contributed by atoms with Crippen molar-refractivity contribution in [1.82, 2.24) is 5.32 Å². The summed E-state index contributed by atoms with van der Waals surface area (Å²) < 4.78 is 20.3. The van der Waals surface area contributed by atoms with Crippen molar-refractivity contribution in [2.24, 2.45) is 4.99 Å². The zero-order valence-electron chi connectivity index (χ0n) is 12.7. The molecule has 0 amide bonds. The monoisotopic (exact) mass is 274 g/mol. The first-order valence-corrected chi connectivity index (χ1v) is 6.11. The average molecular weight is 274 g/mol. The maximum Gasteiger partial charge on any atom is 0.176 e. The number of methoxy groups -OCH3 is 4. The van der Waals surface area contributed by atoms with Crippen LogP contribution in [0.2, 0.25) is 0 Å². The van der Waals surface area contributed by atoms with E-state index in [0.29, 0.717) is 13.1 Å². The third-order valence-electron chi connectivity index (χ3n) is 2.51. The lowest BCUT2D eigenvalue weighted by Gasteiger charge is -2.15. The molecule has 1 N–H and O–H groups in total. The van der Waals surface area contributed by atoms with Gasteiger partial charge in [-0.1, -0.05) is 0 Å². The summed E-state index contributed by atoms with van der Waals surface area (Å²) >= 11 is 0. The summed E-state index contributed by atoms with van der Waals surface area (Å²) in [5.74, 6) is 0. The molecule has 6 heteroatoms. The summed E-state index contributed by atoms with van der Waals surface area (Å²) in [6.07, 6.45) is 1.39. The largest absolute Gasteiger partial charge is 0.383 e. The molecule has 0 aliphatic carbocycles. The number of nitrogens with one attached hydrogen (secondary N) is 1. The molecule has 0 aliphatic heterocycles. The molecule has 0 spiro atoms. The molecule has 0 aromatic carbocycles. The van der Waals surface area contributed by atoms with Gasteiger partial charge in [-0.15, -0.1) is 0 Å². The molecule has 0 saturated heterocycles. The van der Waals surface area contributed by atoms with Crippen LogP contribution in [0.3, 0.4) is 0 Å². The highest BCUT2D eigenvalue weighted by Crippen LogP contribution is 1.96. The van der Waals surface area contributed by atoms with Crippen molar-refractivity contribution < 1.29 is 18.9 Å². The first kappa shape index (κ1) is 18.0. The van der Waals surface area contributed by atoms with Crippen molar-refractivity contribution in [3.05, 3.63) is 11.8 Å². The third kappa shape index (κ3) is 8.72. The highest BCUT2D eigenvalue weighted by molar-refractivity contribution is 5.93. The van der Waals surface area contributed by atoms with Crippen molar-refractivity contribution in [3.8, 4) is 0 Å². The van der Waals surface area contributed by atoms with Gasteiger partial charge >= 0.3 is 0 Å². The smallest absolute Gasteiger partial charge is 0.176 e. The Hall–Kier alpha value is -0.950. The van der Waals surface area contributed by atoms with E-state index in [9.17, 15) is 0 Å². The average Bonchev–Trinajstić information content (AvgIpc) is 2.41. The van der Waals surface area contributed by atoms with Gasteiger partial charge in [0.25, 0.3) is 0 Å². The quantitative estimate of drug-likeness (QED) is 0.479. The molecular weight excluding hydrogens is 248 g/mol. The first-order chi connectivity index (χ1) is 9.07. The maximum absolute atomic E-state index is 5.09. The minimum Gasteiger partial charge on any atom is -0.383 e. The van der Waals surface area contributed by atoms with E-state index in [1.807, 2.05) is 19.9 Å². The van der Waals surface area contributed by atoms with E-state index in [4.69, 9.17) is 18.9 Å². The molecule has 6 nitrogen and oxygen atoms in total. The van der Waals surface area contributed by atoms with Crippen LogP contribution in [0.5, 0.6) is 0 Å². The Balaban J connectivity index is 4.22. The van der Waals surface area contributed by atoms with Gasteiger partial charge in [-0.2, -0.15) is 0 Å². The van der Waals surface area contributed by atoms with Gasteiger partial charge < -0.3 is 24.3 Å². The van der Waals surface area contributed by atoms with Gasteiger partial charge in [0, 0.05) is 39.8 Å². The number of hydrogen-bond donors (Lipinski definition) is 1. The molecule has 0 atom stereocenters. The number of hydrogen-bond acceptors (Lipinski definition) is 6. The van der Waals surface area contributed by atoms with Crippen LogP contribution < -0.4 is 5.32 Å². The number of rotatable bonds is 10. The van der Waals surface area contributed by atoms with Crippen LogP contribution in [-0.4, -0.2) is 59.8 Å².